The van der Waals surface area contributed by atoms with Crippen LogP contribution < -0.4 is 10.1 Å². The highest BCUT2D eigenvalue weighted by molar-refractivity contribution is 7.99. The first-order valence-electron chi connectivity index (χ1n) is 7.21. The molecule has 0 bridgehead atoms. The Kier molecular flexibility index (Phi) is 6.15. The fourth-order valence-electron chi connectivity index (χ4n) is 2.21. The predicted molar refractivity (Wildman–Crippen MR) is 91.4 cm³/mol. The average Bonchev–Trinajstić information content (AvgIpc) is 2.53. The van der Waals surface area contributed by atoms with Crippen molar-refractivity contribution in [1.82, 2.24) is 5.32 Å². The van der Waals surface area contributed by atoms with Crippen molar-refractivity contribution in [2.24, 2.45) is 0 Å². The molecule has 2 aromatic rings. The minimum atomic E-state index is 0.424. The molecule has 0 aliphatic carbocycles. The van der Waals surface area contributed by atoms with Crippen LogP contribution in [0.1, 0.15) is 11.1 Å². The summed E-state index contributed by atoms with van der Waals surface area (Å²) < 4.78 is 5.43. The number of aryl methyl sites for hydroxylation is 1. The lowest BCUT2D eigenvalue weighted by atomic mass is 10.1. The Morgan fingerprint density at radius 1 is 1.10 bits per heavy atom. The summed E-state index contributed by atoms with van der Waals surface area (Å²) in [4.78, 5) is 1.32. The van der Waals surface area contributed by atoms with Gasteiger partial charge in [-0.05, 0) is 44.2 Å². The van der Waals surface area contributed by atoms with Crippen LogP contribution in [0.15, 0.2) is 53.4 Å². The smallest absolute Gasteiger partial charge is 0.122 e. The third kappa shape index (κ3) is 4.80. The third-order valence-electron chi connectivity index (χ3n) is 3.54. The normalized spacial score (nSPS) is 12.1. The minimum Gasteiger partial charge on any atom is -0.496 e. The van der Waals surface area contributed by atoms with Gasteiger partial charge >= 0.3 is 0 Å². The molecule has 0 heterocycles. The summed E-state index contributed by atoms with van der Waals surface area (Å²) in [5, 5.41) is 3.41. The van der Waals surface area contributed by atoms with E-state index in [1.807, 2.05) is 30.9 Å². The van der Waals surface area contributed by atoms with Crippen molar-refractivity contribution >= 4 is 11.8 Å². The fraction of sp³-hybridized carbons (Fsp3) is 0.333. The molecule has 21 heavy (non-hydrogen) atoms. The number of rotatable bonds is 7. The number of thioether (sulfide) groups is 1. The molecule has 2 aromatic carbocycles. The molecule has 2 nitrogen and oxygen atoms in total. The maximum atomic E-state index is 5.43. The topological polar surface area (TPSA) is 21.3 Å². The molecule has 0 saturated carbocycles. The third-order valence-corrected chi connectivity index (χ3v) is 4.71. The Morgan fingerprint density at radius 3 is 2.48 bits per heavy atom. The molecule has 112 valence electrons. The maximum absolute atomic E-state index is 5.43. The van der Waals surface area contributed by atoms with Crippen molar-refractivity contribution in [2.75, 3.05) is 19.9 Å². The van der Waals surface area contributed by atoms with Crippen molar-refractivity contribution in [3.05, 3.63) is 59.7 Å². The fourth-order valence-corrected chi connectivity index (χ4v) is 3.22. The van der Waals surface area contributed by atoms with E-state index in [2.05, 4.69) is 48.6 Å². The molecule has 0 fully saturated rings. The number of benzene rings is 2. The predicted octanol–water partition coefficient (Wildman–Crippen LogP) is 3.93. The molecule has 0 radical (unpaired) electrons. The Hall–Kier alpha value is -1.45. The van der Waals surface area contributed by atoms with Gasteiger partial charge < -0.3 is 10.1 Å². The number of hydrogen-bond acceptors (Lipinski definition) is 3. The lowest BCUT2D eigenvalue weighted by Crippen LogP contribution is -2.30. The van der Waals surface area contributed by atoms with E-state index < -0.39 is 0 Å². The number of likely N-dealkylation sites (N-methyl/N-ethyl adjacent to an activating group) is 1. The lowest BCUT2D eigenvalue weighted by molar-refractivity contribution is 0.407. The summed E-state index contributed by atoms with van der Waals surface area (Å²) in [6, 6.07) is 17.4. The van der Waals surface area contributed by atoms with Crippen molar-refractivity contribution in [2.45, 2.75) is 24.3 Å². The second-order valence-electron chi connectivity index (χ2n) is 5.13. The van der Waals surface area contributed by atoms with Crippen LogP contribution in [0, 0.1) is 6.92 Å². The zero-order valence-corrected chi connectivity index (χ0v) is 13.7. The van der Waals surface area contributed by atoms with E-state index in [0.717, 1.165) is 17.9 Å². The molecule has 0 aromatic heterocycles. The summed E-state index contributed by atoms with van der Waals surface area (Å²) in [5.74, 6) is 2.01. The maximum Gasteiger partial charge on any atom is 0.122 e. The van der Waals surface area contributed by atoms with Gasteiger partial charge in [0.25, 0.3) is 0 Å². The highest BCUT2D eigenvalue weighted by atomic mass is 32.2. The number of para-hydroxylation sites is 1. The van der Waals surface area contributed by atoms with Gasteiger partial charge in [-0.1, -0.05) is 35.9 Å². The van der Waals surface area contributed by atoms with Crippen molar-refractivity contribution in [1.29, 1.82) is 0 Å². The van der Waals surface area contributed by atoms with Crippen LogP contribution in [0.3, 0.4) is 0 Å². The van der Waals surface area contributed by atoms with Gasteiger partial charge in [-0.2, -0.15) is 0 Å². The van der Waals surface area contributed by atoms with E-state index in [9.17, 15) is 0 Å². The van der Waals surface area contributed by atoms with Crippen molar-refractivity contribution in [3.8, 4) is 5.75 Å². The van der Waals surface area contributed by atoms with E-state index in [1.165, 1.54) is 16.0 Å². The van der Waals surface area contributed by atoms with Gasteiger partial charge in [-0.25, -0.2) is 0 Å². The van der Waals surface area contributed by atoms with Crippen LogP contribution in [-0.2, 0) is 6.42 Å². The summed E-state index contributed by atoms with van der Waals surface area (Å²) in [6.07, 6.45) is 0.972. The first-order valence-corrected chi connectivity index (χ1v) is 8.20. The van der Waals surface area contributed by atoms with Crippen molar-refractivity contribution in [3.63, 3.8) is 0 Å². The molecular formula is C18H23NOS. The molecule has 1 N–H and O–H groups in total. The Bertz CT molecular complexity index is 553. The van der Waals surface area contributed by atoms with Crippen LogP contribution in [0.4, 0.5) is 0 Å². The number of methoxy groups -OCH3 is 1. The van der Waals surface area contributed by atoms with Gasteiger partial charge in [0.15, 0.2) is 0 Å². The highest BCUT2D eigenvalue weighted by Crippen LogP contribution is 2.23. The molecular weight excluding hydrogens is 278 g/mol. The van der Waals surface area contributed by atoms with Gasteiger partial charge in [0.05, 0.1) is 7.11 Å². The molecule has 1 atom stereocenters. The largest absolute Gasteiger partial charge is 0.496 e. The minimum absolute atomic E-state index is 0.424. The van der Waals surface area contributed by atoms with E-state index in [-0.39, 0.29) is 0 Å². The highest BCUT2D eigenvalue weighted by Gasteiger charge is 2.11. The van der Waals surface area contributed by atoms with Gasteiger partial charge in [-0.15, -0.1) is 11.8 Å². The number of ether oxygens (including phenoxy) is 1. The Balaban J connectivity index is 1.95. The van der Waals surface area contributed by atoms with E-state index in [4.69, 9.17) is 4.74 Å². The molecule has 3 heteroatoms. The molecule has 0 spiro atoms. The van der Waals surface area contributed by atoms with Gasteiger partial charge in [-0.3, -0.25) is 0 Å². The lowest BCUT2D eigenvalue weighted by Gasteiger charge is -2.17. The summed E-state index contributed by atoms with van der Waals surface area (Å²) in [5.41, 5.74) is 2.56. The second kappa shape index (κ2) is 8.11. The first kappa shape index (κ1) is 15.9. The number of nitrogens with one attached hydrogen (secondary N) is 1. The van der Waals surface area contributed by atoms with Gasteiger partial charge in [0.2, 0.25) is 0 Å². The van der Waals surface area contributed by atoms with E-state index in [0.29, 0.717) is 6.04 Å². The zero-order chi connectivity index (χ0) is 15.1. The molecule has 0 aliphatic rings. The molecule has 0 saturated heterocycles. The van der Waals surface area contributed by atoms with Crippen LogP contribution >= 0.6 is 11.8 Å². The standard InChI is InChI=1S/C18H23NOS/c1-14-8-10-17(11-9-14)21-13-16(19-2)12-15-6-4-5-7-18(15)20-3/h4-11,16,19H,12-13H2,1-3H3. The summed E-state index contributed by atoms with van der Waals surface area (Å²) >= 11 is 1.89. The summed E-state index contributed by atoms with van der Waals surface area (Å²) in [7, 11) is 3.75. The van der Waals surface area contributed by atoms with Crippen LogP contribution in [0.25, 0.3) is 0 Å². The molecule has 0 amide bonds. The first-order chi connectivity index (χ1) is 10.2. The second-order valence-corrected chi connectivity index (χ2v) is 6.22. The molecule has 2 rings (SSSR count). The van der Waals surface area contributed by atoms with E-state index in [1.54, 1.807) is 7.11 Å². The Labute approximate surface area is 131 Å². The van der Waals surface area contributed by atoms with Crippen LogP contribution in [-0.4, -0.2) is 26.0 Å². The van der Waals surface area contributed by atoms with Gasteiger partial charge in [0.1, 0.15) is 5.75 Å². The average molecular weight is 301 g/mol. The quantitative estimate of drug-likeness (QED) is 0.783. The van der Waals surface area contributed by atoms with Crippen LogP contribution in [0.5, 0.6) is 5.75 Å². The summed E-state index contributed by atoms with van der Waals surface area (Å²) in [6.45, 7) is 2.12. The van der Waals surface area contributed by atoms with Crippen molar-refractivity contribution < 1.29 is 4.74 Å². The molecule has 0 aliphatic heterocycles. The molecule has 1 unspecified atom stereocenters. The monoisotopic (exact) mass is 301 g/mol. The number of hydrogen-bond donors (Lipinski definition) is 1. The van der Waals surface area contributed by atoms with Crippen LogP contribution in [0.2, 0.25) is 0 Å². The Morgan fingerprint density at radius 2 is 1.81 bits per heavy atom. The van der Waals surface area contributed by atoms with E-state index >= 15 is 0 Å². The SMILES string of the molecule is CNC(CSc1ccc(C)cc1)Cc1ccccc1OC. The van der Waals surface area contributed by atoms with Gasteiger partial charge in [0, 0.05) is 16.7 Å². The zero-order valence-electron chi connectivity index (χ0n) is 12.9.